The minimum absolute atomic E-state index is 0.0573. The van der Waals surface area contributed by atoms with Gasteiger partial charge in [0.05, 0.1) is 54.4 Å². The molecule has 0 N–H and O–H groups in total. The molecule has 6 rings (SSSR count). The second-order valence-electron chi connectivity index (χ2n) is 13.6. The second kappa shape index (κ2) is 16.9. The second-order valence-corrected chi connectivity index (χ2v) is 14.4. The lowest BCUT2D eigenvalue weighted by atomic mass is 9.70. The standard InChI is InChI=1S/C40H48Cl2N4O6/c1-5-52-22-21-46-33-10-7-6-9-32(33)43-38(46)36(47)28-13-18-44(19-14-28)20-16-40(29-11-12-30(41)31(42)25-29)15-8-17-45(39(40)48)26-27-23-34(49-2)37(51-4)35(24-27)50-3/h6-7,9-12,23-25,28H,5,8,13-22,26H2,1-4H3. The van der Waals surface area contributed by atoms with Gasteiger partial charge in [0.2, 0.25) is 17.4 Å². The number of benzene rings is 3. The number of aromatic nitrogens is 2. The van der Waals surface area contributed by atoms with Crippen LogP contribution >= 0.6 is 23.2 Å². The highest BCUT2D eigenvalue weighted by Gasteiger charge is 2.46. The third-order valence-corrected chi connectivity index (χ3v) is 11.4. The number of likely N-dealkylation sites (tertiary alicyclic amines) is 2. The number of para-hydroxylation sites is 2. The zero-order valence-corrected chi connectivity index (χ0v) is 32.0. The van der Waals surface area contributed by atoms with Gasteiger partial charge < -0.3 is 33.3 Å². The first-order chi connectivity index (χ1) is 25.2. The number of methoxy groups -OCH3 is 3. The maximum Gasteiger partial charge on any atom is 0.233 e. The van der Waals surface area contributed by atoms with Gasteiger partial charge in [0.25, 0.3) is 0 Å². The quantitative estimate of drug-likeness (QED) is 0.0914. The number of rotatable bonds is 15. The Bertz CT molecular complexity index is 1870. The maximum atomic E-state index is 14.7. The van der Waals surface area contributed by atoms with Gasteiger partial charge in [0.1, 0.15) is 0 Å². The number of ether oxygens (including phenoxy) is 4. The van der Waals surface area contributed by atoms with Crippen molar-refractivity contribution in [3.63, 3.8) is 0 Å². The number of halogens is 2. The first-order valence-electron chi connectivity index (χ1n) is 18.1. The molecule has 1 unspecified atom stereocenters. The van der Waals surface area contributed by atoms with Crippen LogP contribution in [0.3, 0.4) is 0 Å². The fourth-order valence-electron chi connectivity index (χ4n) is 7.86. The smallest absolute Gasteiger partial charge is 0.233 e. The molecule has 0 aliphatic carbocycles. The summed E-state index contributed by atoms with van der Waals surface area (Å²) in [5.74, 6) is 2.13. The average molecular weight is 752 g/mol. The molecule has 0 bridgehead atoms. The van der Waals surface area contributed by atoms with Crippen LogP contribution in [-0.2, 0) is 28.0 Å². The summed E-state index contributed by atoms with van der Waals surface area (Å²) in [5, 5.41) is 0.885. The number of ketones is 1. The predicted octanol–water partition coefficient (Wildman–Crippen LogP) is 7.45. The summed E-state index contributed by atoms with van der Waals surface area (Å²) in [4.78, 5) is 37.8. The molecule has 0 saturated carbocycles. The number of nitrogens with zero attached hydrogens (tertiary/aromatic N) is 4. The van der Waals surface area contributed by atoms with Crippen molar-refractivity contribution in [2.75, 3.05) is 60.7 Å². The van der Waals surface area contributed by atoms with Crippen molar-refractivity contribution < 1.29 is 28.5 Å². The molecule has 3 aromatic carbocycles. The van der Waals surface area contributed by atoms with Crippen LogP contribution in [0.4, 0.5) is 0 Å². The van der Waals surface area contributed by atoms with Crippen LogP contribution in [0.5, 0.6) is 17.2 Å². The minimum Gasteiger partial charge on any atom is -0.493 e. The van der Waals surface area contributed by atoms with Gasteiger partial charge in [0, 0.05) is 32.2 Å². The van der Waals surface area contributed by atoms with Crippen LogP contribution in [0.15, 0.2) is 54.6 Å². The zero-order chi connectivity index (χ0) is 36.8. The third-order valence-electron chi connectivity index (χ3n) is 10.6. The molecule has 3 heterocycles. The van der Waals surface area contributed by atoms with E-state index in [1.54, 1.807) is 27.4 Å². The van der Waals surface area contributed by atoms with E-state index in [4.69, 9.17) is 47.1 Å². The van der Waals surface area contributed by atoms with Gasteiger partial charge in [0.15, 0.2) is 17.3 Å². The molecular weight excluding hydrogens is 703 g/mol. The Kier molecular flexibility index (Phi) is 12.3. The SMILES string of the molecule is CCOCCn1c(C(=O)C2CCN(CCC3(c4ccc(Cl)c(Cl)c4)CCCN(Cc4cc(OC)c(OC)c(OC)c4)C3=O)CC2)nc2ccccc21. The van der Waals surface area contributed by atoms with Crippen LogP contribution < -0.4 is 14.2 Å². The topological polar surface area (TPSA) is 95.4 Å². The fraction of sp³-hybridized carbons (Fsp3) is 0.475. The lowest BCUT2D eigenvalue weighted by Crippen LogP contribution is -2.52. The number of hydrogen-bond acceptors (Lipinski definition) is 8. The van der Waals surface area contributed by atoms with E-state index < -0.39 is 5.41 Å². The van der Waals surface area contributed by atoms with Crippen molar-refractivity contribution in [3.05, 3.63) is 81.6 Å². The molecule has 2 saturated heterocycles. The summed E-state index contributed by atoms with van der Waals surface area (Å²) < 4.78 is 24.3. The molecule has 4 aromatic rings. The van der Waals surface area contributed by atoms with Gasteiger partial charge in [-0.15, -0.1) is 0 Å². The first-order valence-corrected chi connectivity index (χ1v) is 18.8. The van der Waals surface area contributed by atoms with Crippen molar-refractivity contribution in [2.45, 2.75) is 57.5 Å². The third kappa shape index (κ3) is 7.76. The highest BCUT2D eigenvalue weighted by molar-refractivity contribution is 6.42. The number of piperidine rings is 2. The lowest BCUT2D eigenvalue weighted by Gasteiger charge is -2.44. The summed E-state index contributed by atoms with van der Waals surface area (Å²) in [7, 11) is 4.74. The number of amides is 1. The van der Waals surface area contributed by atoms with Crippen molar-refractivity contribution in [1.29, 1.82) is 0 Å². The summed E-state index contributed by atoms with van der Waals surface area (Å²) in [5.41, 5.74) is 2.74. The molecule has 2 fully saturated rings. The van der Waals surface area contributed by atoms with Gasteiger partial charge in [-0.25, -0.2) is 4.98 Å². The average Bonchev–Trinajstić information content (AvgIpc) is 3.54. The molecule has 2 aliphatic rings. The van der Waals surface area contributed by atoms with Gasteiger partial charge in [-0.2, -0.15) is 0 Å². The Morgan fingerprint density at radius 1 is 0.923 bits per heavy atom. The normalized spacial score (nSPS) is 18.6. The van der Waals surface area contributed by atoms with Gasteiger partial charge in [-0.3, -0.25) is 9.59 Å². The van der Waals surface area contributed by atoms with Crippen LogP contribution in [0.1, 0.15) is 60.8 Å². The first kappa shape index (κ1) is 37.9. The maximum absolute atomic E-state index is 14.7. The Morgan fingerprint density at radius 2 is 1.65 bits per heavy atom. The van der Waals surface area contributed by atoms with E-state index in [-0.39, 0.29) is 17.6 Å². The number of hydrogen-bond donors (Lipinski definition) is 0. The molecule has 0 radical (unpaired) electrons. The van der Waals surface area contributed by atoms with E-state index >= 15 is 0 Å². The van der Waals surface area contributed by atoms with E-state index in [0.29, 0.717) is 85.4 Å². The number of imidazole rings is 1. The number of carbonyl (C=O) groups is 2. The van der Waals surface area contributed by atoms with Crippen molar-refractivity contribution >= 4 is 45.9 Å². The molecule has 0 spiro atoms. The Labute approximate surface area is 315 Å². The van der Waals surface area contributed by atoms with Crippen LogP contribution in [0.2, 0.25) is 10.0 Å². The molecule has 52 heavy (non-hydrogen) atoms. The largest absolute Gasteiger partial charge is 0.493 e. The highest BCUT2D eigenvalue weighted by Crippen LogP contribution is 2.43. The monoisotopic (exact) mass is 750 g/mol. The fourth-order valence-corrected chi connectivity index (χ4v) is 8.16. The Hall–Kier alpha value is -3.83. The van der Waals surface area contributed by atoms with E-state index in [1.165, 1.54) is 0 Å². The number of Topliss-reactive ketones (excluding diaryl/α,β-unsaturated/α-hetero) is 1. The summed E-state index contributed by atoms with van der Waals surface area (Å²) in [6, 6.07) is 17.2. The Balaban J connectivity index is 1.18. The van der Waals surface area contributed by atoms with Gasteiger partial charge in [-0.05, 0) is 106 Å². The summed E-state index contributed by atoms with van der Waals surface area (Å²) >= 11 is 12.9. The Morgan fingerprint density at radius 3 is 2.33 bits per heavy atom. The van der Waals surface area contributed by atoms with Crippen LogP contribution in [0.25, 0.3) is 11.0 Å². The van der Waals surface area contributed by atoms with Crippen molar-refractivity contribution in [3.8, 4) is 17.2 Å². The zero-order valence-electron chi connectivity index (χ0n) is 30.5. The molecular formula is C40H48Cl2N4O6. The van der Waals surface area contributed by atoms with Crippen molar-refractivity contribution in [1.82, 2.24) is 19.4 Å². The molecule has 278 valence electrons. The molecule has 12 heteroatoms. The lowest BCUT2D eigenvalue weighted by molar-refractivity contribution is -0.142. The van der Waals surface area contributed by atoms with E-state index in [0.717, 1.165) is 54.5 Å². The molecule has 2 aliphatic heterocycles. The molecule has 1 atom stereocenters. The number of fused-ring (bicyclic) bond motifs is 1. The van der Waals surface area contributed by atoms with E-state index in [1.807, 2.05) is 64.9 Å². The molecule has 1 aromatic heterocycles. The number of carbonyl (C=O) groups excluding carboxylic acids is 2. The minimum atomic E-state index is -0.787. The van der Waals surface area contributed by atoms with Crippen LogP contribution in [0, 0.1) is 5.92 Å². The van der Waals surface area contributed by atoms with Gasteiger partial charge >= 0.3 is 0 Å². The van der Waals surface area contributed by atoms with Gasteiger partial charge in [-0.1, -0.05) is 41.4 Å². The van der Waals surface area contributed by atoms with E-state index in [9.17, 15) is 9.59 Å². The summed E-state index contributed by atoms with van der Waals surface area (Å²) in [6.45, 7) is 6.94. The highest BCUT2D eigenvalue weighted by atomic mass is 35.5. The predicted molar refractivity (Wildman–Crippen MR) is 203 cm³/mol. The molecule has 1 amide bonds. The van der Waals surface area contributed by atoms with Crippen LogP contribution in [-0.4, -0.2) is 91.8 Å². The molecule has 10 nitrogen and oxygen atoms in total. The summed E-state index contributed by atoms with van der Waals surface area (Å²) in [6.07, 6.45) is 3.60. The van der Waals surface area contributed by atoms with E-state index in [2.05, 4.69) is 4.90 Å². The van der Waals surface area contributed by atoms with Crippen molar-refractivity contribution in [2.24, 2.45) is 5.92 Å².